The first-order valence-electron chi connectivity index (χ1n) is 2.01. The van der Waals surface area contributed by atoms with E-state index >= 15 is 0 Å². The van der Waals surface area contributed by atoms with Crippen molar-refractivity contribution >= 4 is 18.4 Å². The standard InChI is InChI=1S/C4H4O5/c5-2-9-4(8)1-3(6)7/h2H,1H2,(H,6,7). The Balaban J connectivity index is 3.50. The summed E-state index contributed by atoms with van der Waals surface area (Å²) in [5.74, 6) is -2.38. The highest BCUT2D eigenvalue weighted by atomic mass is 16.6. The van der Waals surface area contributed by atoms with Crippen molar-refractivity contribution in [2.24, 2.45) is 0 Å². The summed E-state index contributed by atoms with van der Waals surface area (Å²) in [5, 5.41) is 7.89. The lowest BCUT2D eigenvalue weighted by molar-refractivity contribution is -0.155. The first-order chi connectivity index (χ1) is 4.16. The number of aliphatic carboxylic acids is 1. The summed E-state index contributed by atoms with van der Waals surface area (Å²) < 4.78 is 3.65. The molecule has 0 spiro atoms. The molecule has 0 atom stereocenters. The number of carbonyl (C=O) groups is 3. The van der Waals surface area contributed by atoms with Gasteiger partial charge in [-0.15, -0.1) is 0 Å². The Morgan fingerprint density at radius 3 is 2.44 bits per heavy atom. The first-order valence-corrected chi connectivity index (χ1v) is 2.01. The molecule has 0 aromatic heterocycles. The van der Waals surface area contributed by atoms with Crippen LogP contribution in [-0.2, 0) is 19.1 Å². The number of carboxylic acids is 1. The molecule has 0 fully saturated rings. The van der Waals surface area contributed by atoms with E-state index in [1.54, 1.807) is 0 Å². The number of esters is 1. The number of carbonyl (C=O) groups excluding carboxylic acids is 2. The van der Waals surface area contributed by atoms with Crippen LogP contribution < -0.4 is 0 Å². The fourth-order valence-corrected chi connectivity index (χ4v) is 0.219. The number of carboxylic acid groups (broad SMARTS) is 1. The van der Waals surface area contributed by atoms with E-state index in [1.807, 2.05) is 0 Å². The summed E-state index contributed by atoms with van der Waals surface area (Å²) in [5.41, 5.74) is 0. The second-order valence-corrected chi connectivity index (χ2v) is 1.16. The zero-order valence-electron chi connectivity index (χ0n) is 4.36. The van der Waals surface area contributed by atoms with Crippen LogP contribution in [-0.4, -0.2) is 23.5 Å². The Hall–Kier alpha value is -1.39. The first kappa shape index (κ1) is 7.61. The minimum atomic E-state index is -1.32. The molecular weight excluding hydrogens is 128 g/mol. The summed E-state index contributed by atoms with van der Waals surface area (Å²) in [6, 6.07) is 0. The highest BCUT2D eigenvalue weighted by Crippen LogP contribution is 1.81. The lowest BCUT2D eigenvalue weighted by Crippen LogP contribution is -2.08. The molecule has 0 bridgehead atoms. The van der Waals surface area contributed by atoms with Crippen molar-refractivity contribution in [2.75, 3.05) is 0 Å². The molecule has 0 saturated heterocycles. The molecule has 0 saturated carbocycles. The average molecular weight is 132 g/mol. The SMILES string of the molecule is O=COC(=O)CC(=O)O. The molecule has 0 aliphatic rings. The maximum Gasteiger partial charge on any atom is 0.324 e. The summed E-state index contributed by atoms with van der Waals surface area (Å²) in [6.45, 7) is -0.106. The largest absolute Gasteiger partial charge is 0.481 e. The van der Waals surface area contributed by atoms with Crippen molar-refractivity contribution in [1.82, 2.24) is 0 Å². The molecule has 0 aliphatic carbocycles. The maximum absolute atomic E-state index is 10.0. The highest BCUT2D eigenvalue weighted by Gasteiger charge is 2.06. The fraction of sp³-hybridized carbons (Fsp3) is 0.250. The summed E-state index contributed by atoms with van der Waals surface area (Å²) in [6.07, 6.45) is -0.779. The van der Waals surface area contributed by atoms with Crippen LogP contribution in [0.3, 0.4) is 0 Å². The van der Waals surface area contributed by atoms with E-state index in [9.17, 15) is 14.4 Å². The van der Waals surface area contributed by atoms with Crippen LogP contribution in [0.15, 0.2) is 0 Å². The van der Waals surface area contributed by atoms with Gasteiger partial charge in [-0.1, -0.05) is 0 Å². The van der Waals surface area contributed by atoms with E-state index in [0.717, 1.165) is 0 Å². The van der Waals surface area contributed by atoms with E-state index in [-0.39, 0.29) is 6.47 Å². The minimum absolute atomic E-state index is 0.106. The van der Waals surface area contributed by atoms with Crippen molar-refractivity contribution in [2.45, 2.75) is 6.42 Å². The molecule has 0 aromatic rings. The third-order valence-corrected chi connectivity index (χ3v) is 0.475. The second-order valence-electron chi connectivity index (χ2n) is 1.16. The molecular formula is C4H4O5. The van der Waals surface area contributed by atoms with E-state index in [4.69, 9.17) is 5.11 Å². The molecule has 0 aromatic carbocycles. The fourth-order valence-electron chi connectivity index (χ4n) is 0.219. The van der Waals surface area contributed by atoms with Crippen molar-refractivity contribution in [3.8, 4) is 0 Å². The van der Waals surface area contributed by atoms with Crippen LogP contribution in [0.25, 0.3) is 0 Å². The molecule has 0 radical (unpaired) electrons. The molecule has 0 unspecified atom stereocenters. The van der Waals surface area contributed by atoms with Gasteiger partial charge in [-0.25, -0.2) is 0 Å². The van der Waals surface area contributed by atoms with Gasteiger partial charge in [0.05, 0.1) is 0 Å². The monoisotopic (exact) mass is 132 g/mol. The van der Waals surface area contributed by atoms with Gasteiger partial charge in [0.1, 0.15) is 6.42 Å². The van der Waals surface area contributed by atoms with Gasteiger partial charge in [0.25, 0.3) is 0 Å². The molecule has 1 N–H and O–H groups in total. The van der Waals surface area contributed by atoms with Gasteiger partial charge in [0.2, 0.25) is 0 Å². The van der Waals surface area contributed by atoms with Gasteiger partial charge in [0.15, 0.2) is 0 Å². The molecule has 0 heterocycles. The summed E-state index contributed by atoms with van der Waals surface area (Å²) in [4.78, 5) is 29.0. The predicted octanol–water partition coefficient (Wildman–Crippen LogP) is -0.839. The summed E-state index contributed by atoms with van der Waals surface area (Å²) >= 11 is 0. The third kappa shape index (κ3) is 4.46. The van der Waals surface area contributed by atoms with Crippen LogP contribution in [0.5, 0.6) is 0 Å². The number of hydrogen-bond donors (Lipinski definition) is 1. The molecule has 0 aliphatic heterocycles. The molecule has 5 nitrogen and oxygen atoms in total. The van der Waals surface area contributed by atoms with Gasteiger partial charge in [0, 0.05) is 0 Å². The number of hydrogen-bond acceptors (Lipinski definition) is 4. The van der Waals surface area contributed by atoms with E-state index in [0.29, 0.717) is 0 Å². The Kier molecular flexibility index (Phi) is 3.04. The quantitative estimate of drug-likeness (QED) is 0.307. The van der Waals surface area contributed by atoms with Gasteiger partial charge >= 0.3 is 18.4 Å². The van der Waals surface area contributed by atoms with Crippen LogP contribution in [0.4, 0.5) is 0 Å². The summed E-state index contributed by atoms with van der Waals surface area (Å²) in [7, 11) is 0. The molecule has 0 rings (SSSR count). The van der Waals surface area contributed by atoms with Crippen LogP contribution in [0.1, 0.15) is 6.42 Å². The Bertz CT molecular complexity index is 138. The van der Waals surface area contributed by atoms with E-state index in [2.05, 4.69) is 4.74 Å². The van der Waals surface area contributed by atoms with Crippen LogP contribution in [0.2, 0.25) is 0 Å². The molecule has 0 amide bonds. The van der Waals surface area contributed by atoms with Crippen LogP contribution in [0, 0.1) is 0 Å². The number of rotatable bonds is 3. The van der Waals surface area contributed by atoms with Crippen LogP contribution >= 0.6 is 0 Å². The number of ether oxygens (including phenoxy) is 1. The molecule has 5 heteroatoms. The normalized spacial score (nSPS) is 8.00. The van der Waals surface area contributed by atoms with Crippen molar-refractivity contribution in [3.63, 3.8) is 0 Å². The predicted molar refractivity (Wildman–Crippen MR) is 24.4 cm³/mol. The smallest absolute Gasteiger partial charge is 0.324 e. The topological polar surface area (TPSA) is 80.7 Å². The minimum Gasteiger partial charge on any atom is -0.481 e. The Morgan fingerprint density at radius 1 is 1.56 bits per heavy atom. The zero-order chi connectivity index (χ0) is 7.28. The van der Waals surface area contributed by atoms with Crippen molar-refractivity contribution < 1.29 is 24.2 Å². The lowest BCUT2D eigenvalue weighted by Gasteiger charge is -1.88. The van der Waals surface area contributed by atoms with E-state index in [1.165, 1.54) is 0 Å². The van der Waals surface area contributed by atoms with Gasteiger partial charge in [-0.05, 0) is 0 Å². The Morgan fingerprint density at radius 2 is 2.11 bits per heavy atom. The molecule has 9 heavy (non-hydrogen) atoms. The lowest BCUT2D eigenvalue weighted by atomic mass is 10.4. The van der Waals surface area contributed by atoms with Gasteiger partial charge in [-0.3, -0.25) is 14.4 Å². The Labute approximate surface area is 50.2 Å². The average Bonchev–Trinajstić information content (AvgIpc) is 1.63. The highest BCUT2D eigenvalue weighted by molar-refractivity contribution is 5.92. The van der Waals surface area contributed by atoms with Crippen molar-refractivity contribution in [3.05, 3.63) is 0 Å². The van der Waals surface area contributed by atoms with Gasteiger partial charge < -0.3 is 9.84 Å². The van der Waals surface area contributed by atoms with Gasteiger partial charge in [-0.2, -0.15) is 0 Å². The van der Waals surface area contributed by atoms with Crippen molar-refractivity contribution in [1.29, 1.82) is 0 Å². The molecule has 50 valence electrons. The zero-order valence-corrected chi connectivity index (χ0v) is 4.36. The second kappa shape index (κ2) is 3.59. The maximum atomic E-state index is 10.0. The van der Waals surface area contributed by atoms with E-state index < -0.39 is 18.4 Å². The third-order valence-electron chi connectivity index (χ3n) is 0.475.